The summed E-state index contributed by atoms with van der Waals surface area (Å²) in [5.74, 6) is 0.739. The summed E-state index contributed by atoms with van der Waals surface area (Å²) in [5.41, 5.74) is 2.14. The van der Waals surface area contributed by atoms with E-state index in [1.807, 2.05) is 6.07 Å². The van der Waals surface area contributed by atoms with E-state index in [1.165, 1.54) is 36.6 Å². The number of hydrogen-bond acceptors (Lipinski definition) is 3. The van der Waals surface area contributed by atoms with Crippen LogP contribution in [0.4, 0.5) is 5.69 Å². The van der Waals surface area contributed by atoms with Crippen LogP contribution >= 0.6 is 0 Å². The highest BCUT2D eigenvalue weighted by molar-refractivity contribution is 5.94. The molecule has 0 atom stereocenters. The number of nitrogens with zero attached hydrogens (tertiary/aromatic N) is 2. The summed E-state index contributed by atoms with van der Waals surface area (Å²) in [7, 11) is 0. The minimum atomic E-state index is 0.156. The van der Waals surface area contributed by atoms with Gasteiger partial charge in [0.05, 0.1) is 13.2 Å². The van der Waals surface area contributed by atoms with Crippen LogP contribution in [0.3, 0.4) is 0 Å². The zero-order valence-electron chi connectivity index (χ0n) is 15.5. The first-order chi connectivity index (χ1) is 12.8. The number of rotatable bonds is 6. The summed E-state index contributed by atoms with van der Waals surface area (Å²) in [6.07, 6.45) is 7.79. The largest absolute Gasteiger partial charge is 0.379 e. The Kier molecular flexibility index (Phi) is 5.56. The zero-order valence-corrected chi connectivity index (χ0v) is 15.5. The van der Waals surface area contributed by atoms with Gasteiger partial charge in [-0.1, -0.05) is 12.8 Å². The van der Waals surface area contributed by atoms with Crippen molar-refractivity contribution in [2.75, 3.05) is 38.2 Å². The highest BCUT2D eigenvalue weighted by Gasteiger charge is 2.18. The van der Waals surface area contributed by atoms with Crippen molar-refractivity contribution in [2.24, 2.45) is 5.92 Å². The minimum Gasteiger partial charge on any atom is -0.379 e. The molecule has 0 spiro atoms. The van der Waals surface area contributed by atoms with E-state index >= 15 is 0 Å². The molecule has 0 bridgehead atoms. The normalized spacial score (nSPS) is 19.2. The Balaban J connectivity index is 1.36. The van der Waals surface area contributed by atoms with E-state index in [1.54, 1.807) is 0 Å². The standard InChI is InChI=1S/C21H29N3O2/c25-21(15-17-3-1-2-4-17)22-19-5-6-20-18(16-19)7-8-24(20)10-9-23-11-13-26-14-12-23/h5-8,16-17H,1-4,9-15H2,(H,22,25). The van der Waals surface area contributed by atoms with Gasteiger partial charge in [0.15, 0.2) is 0 Å². The van der Waals surface area contributed by atoms with E-state index in [4.69, 9.17) is 4.74 Å². The van der Waals surface area contributed by atoms with Gasteiger partial charge in [0.2, 0.25) is 5.91 Å². The summed E-state index contributed by atoms with van der Waals surface area (Å²) in [5, 5.41) is 4.27. The average Bonchev–Trinajstić information content (AvgIpc) is 3.30. The fourth-order valence-electron chi connectivity index (χ4n) is 4.24. The molecule has 1 saturated carbocycles. The van der Waals surface area contributed by atoms with Crippen LogP contribution in [-0.4, -0.2) is 48.2 Å². The van der Waals surface area contributed by atoms with Gasteiger partial charge in [0, 0.05) is 55.4 Å². The predicted molar refractivity (Wildman–Crippen MR) is 104 cm³/mol. The van der Waals surface area contributed by atoms with Crippen LogP contribution in [0.15, 0.2) is 30.5 Å². The highest BCUT2D eigenvalue weighted by Crippen LogP contribution is 2.28. The molecule has 5 nitrogen and oxygen atoms in total. The van der Waals surface area contributed by atoms with E-state index in [0.29, 0.717) is 12.3 Å². The SMILES string of the molecule is O=C(CC1CCCC1)Nc1ccc2c(ccn2CCN2CCOCC2)c1. The lowest BCUT2D eigenvalue weighted by molar-refractivity contribution is -0.117. The van der Waals surface area contributed by atoms with Gasteiger partial charge in [0.25, 0.3) is 0 Å². The maximum Gasteiger partial charge on any atom is 0.224 e. The van der Waals surface area contributed by atoms with E-state index < -0.39 is 0 Å². The first-order valence-corrected chi connectivity index (χ1v) is 9.97. The molecule has 2 heterocycles. The number of benzene rings is 1. The number of aromatic nitrogens is 1. The fraction of sp³-hybridized carbons (Fsp3) is 0.571. The molecule has 5 heteroatoms. The first kappa shape index (κ1) is 17.6. The van der Waals surface area contributed by atoms with E-state index in [9.17, 15) is 4.79 Å². The topological polar surface area (TPSA) is 46.5 Å². The molecule has 0 unspecified atom stereocenters. The molecular weight excluding hydrogens is 326 g/mol. The Bertz CT molecular complexity index is 743. The quantitative estimate of drug-likeness (QED) is 0.863. The molecule has 140 valence electrons. The second-order valence-electron chi connectivity index (χ2n) is 7.64. The van der Waals surface area contributed by atoms with Crippen molar-refractivity contribution < 1.29 is 9.53 Å². The van der Waals surface area contributed by atoms with Crippen molar-refractivity contribution in [3.05, 3.63) is 30.5 Å². The van der Waals surface area contributed by atoms with E-state index in [0.717, 1.165) is 45.1 Å². The summed E-state index contributed by atoms with van der Waals surface area (Å²) < 4.78 is 7.71. The molecule has 2 aromatic rings. The minimum absolute atomic E-state index is 0.156. The van der Waals surface area contributed by atoms with Crippen molar-refractivity contribution in [2.45, 2.75) is 38.6 Å². The van der Waals surface area contributed by atoms with Crippen LogP contribution in [-0.2, 0) is 16.1 Å². The molecule has 1 aromatic heterocycles. The summed E-state index contributed by atoms with van der Waals surface area (Å²) in [6, 6.07) is 8.38. The van der Waals surface area contributed by atoms with Crippen molar-refractivity contribution >= 4 is 22.5 Å². The lowest BCUT2D eigenvalue weighted by Crippen LogP contribution is -2.38. The van der Waals surface area contributed by atoms with E-state index in [-0.39, 0.29) is 5.91 Å². The summed E-state index contributed by atoms with van der Waals surface area (Å²) >= 11 is 0. The van der Waals surface area contributed by atoms with Gasteiger partial charge in [-0.15, -0.1) is 0 Å². The van der Waals surface area contributed by atoms with Crippen LogP contribution in [0, 0.1) is 5.92 Å². The van der Waals surface area contributed by atoms with Crippen molar-refractivity contribution in [1.29, 1.82) is 0 Å². The van der Waals surface area contributed by atoms with Gasteiger partial charge in [-0.2, -0.15) is 0 Å². The number of amides is 1. The Morgan fingerprint density at radius 2 is 1.92 bits per heavy atom. The van der Waals surface area contributed by atoms with Gasteiger partial charge in [0.1, 0.15) is 0 Å². The Labute approximate surface area is 155 Å². The average molecular weight is 355 g/mol. The first-order valence-electron chi connectivity index (χ1n) is 9.97. The van der Waals surface area contributed by atoms with Crippen LogP contribution in [0.25, 0.3) is 10.9 Å². The van der Waals surface area contributed by atoms with Gasteiger partial charge in [-0.25, -0.2) is 0 Å². The number of anilines is 1. The molecule has 1 N–H and O–H groups in total. The number of carbonyl (C=O) groups is 1. The Morgan fingerprint density at radius 3 is 2.73 bits per heavy atom. The second-order valence-corrected chi connectivity index (χ2v) is 7.64. The number of nitrogens with one attached hydrogen (secondary N) is 1. The van der Waals surface area contributed by atoms with Crippen LogP contribution in [0.5, 0.6) is 0 Å². The molecule has 1 saturated heterocycles. The van der Waals surface area contributed by atoms with Crippen LogP contribution in [0.2, 0.25) is 0 Å². The fourth-order valence-corrected chi connectivity index (χ4v) is 4.24. The monoisotopic (exact) mass is 355 g/mol. The van der Waals surface area contributed by atoms with Crippen molar-refractivity contribution in [3.63, 3.8) is 0 Å². The maximum atomic E-state index is 12.3. The molecule has 2 fully saturated rings. The van der Waals surface area contributed by atoms with Gasteiger partial charge in [-0.3, -0.25) is 9.69 Å². The number of hydrogen-bond donors (Lipinski definition) is 1. The van der Waals surface area contributed by atoms with Crippen molar-refractivity contribution in [1.82, 2.24) is 9.47 Å². The molecule has 1 aromatic carbocycles. The van der Waals surface area contributed by atoms with Gasteiger partial charge in [-0.05, 0) is 43.0 Å². The smallest absolute Gasteiger partial charge is 0.224 e. The Morgan fingerprint density at radius 1 is 1.12 bits per heavy atom. The molecule has 1 amide bonds. The van der Waals surface area contributed by atoms with Gasteiger partial charge < -0.3 is 14.6 Å². The number of morpholine rings is 1. The molecule has 1 aliphatic carbocycles. The molecule has 0 radical (unpaired) electrons. The maximum absolute atomic E-state index is 12.3. The summed E-state index contributed by atoms with van der Waals surface area (Å²) in [6.45, 7) is 5.77. The molecule has 2 aliphatic rings. The third kappa shape index (κ3) is 4.27. The molecular formula is C21H29N3O2. The molecule has 26 heavy (non-hydrogen) atoms. The molecule has 4 rings (SSSR count). The number of carbonyl (C=O) groups excluding carboxylic acids is 1. The zero-order chi connectivity index (χ0) is 17.8. The molecule has 1 aliphatic heterocycles. The summed E-state index contributed by atoms with van der Waals surface area (Å²) in [4.78, 5) is 14.7. The van der Waals surface area contributed by atoms with Gasteiger partial charge >= 0.3 is 0 Å². The van der Waals surface area contributed by atoms with E-state index in [2.05, 4.69) is 39.2 Å². The van der Waals surface area contributed by atoms with Crippen LogP contribution in [0.1, 0.15) is 32.1 Å². The number of fused-ring (bicyclic) bond motifs is 1. The second kappa shape index (κ2) is 8.23. The lowest BCUT2D eigenvalue weighted by Gasteiger charge is -2.26. The predicted octanol–water partition coefficient (Wildman–Crippen LogP) is 3.49. The van der Waals surface area contributed by atoms with Crippen LogP contribution < -0.4 is 5.32 Å². The Hall–Kier alpha value is -1.85. The van der Waals surface area contributed by atoms with Crippen molar-refractivity contribution in [3.8, 4) is 0 Å². The third-order valence-corrected chi connectivity index (χ3v) is 5.76. The lowest BCUT2D eigenvalue weighted by atomic mass is 10.0. The number of ether oxygens (including phenoxy) is 1. The highest BCUT2D eigenvalue weighted by atomic mass is 16.5. The third-order valence-electron chi connectivity index (χ3n) is 5.76.